The van der Waals surface area contributed by atoms with E-state index >= 15 is 0 Å². The van der Waals surface area contributed by atoms with Gasteiger partial charge in [-0.3, -0.25) is 24.6 Å². The van der Waals surface area contributed by atoms with Gasteiger partial charge in [-0.05, 0) is 55.4 Å². The Labute approximate surface area is 249 Å². The average molecular weight is 604 g/mol. The van der Waals surface area contributed by atoms with Gasteiger partial charge in [-0.15, -0.1) is 0 Å². The van der Waals surface area contributed by atoms with Gasteiger partial charge in [0.15, 0.2) is 20.5 Å². The number of para-hydroxylation sites is 2. The van der Waals surface area contributed by atoms with E-state index in [1.54, 1.807) is 29.0 Å². The highest BCUT2D eigenvalue weighted by Crippen LogP contribution is 2.60. The second-order valence-electron chi connectivity index (χ2n) is 11.9. The lowest BCUT2D eigenvalue weighted by Crippen LogP contribution is -2.46. The quantitative estimate of drug-likeness (QED) is 0.230. The molecule has 0 aromatic heterocycles. The van der Waals surface area contributed by atoms with E-state index in [9.17, 15) is 29.6 Å². The standard InChI is InChI=1S/C31H33N3O8Si/c1-19-29(43(2,3)40)27(14-15-35)42-31(19)23-16-22(34(38)39)12-13-24(23)32(30(31)37)17-20-8-10-21(11-9-20)33-25-6-4-5-7-26(25)41-18-28(33)36/h4-13,16,19,27,29,35,40H,14-15,17-18H2,1-3H3/t19-,27+,29-,31+/m1/s1. The van der Waals surface area contributed by atoms with Gasteiger partial charge >= 0.3 is 0 Å². The van der Waals surface area contributed by atoms with Crippen LogP contribution in [0.1, 0.15) is 24.5 Å². The Hall–Kier alpha value is -4.10. The van der Waals surface area contributed by atoms with Crippen LogP contribution in [-0.4, -0.2) is 54.3 Å². The Kier molecular flexibility index (Phi) is 7.12. The second kappa shape index (κ2) is 10.6. The molecule has 224 valence electrons. The molecular formula is C31H33N3O8Si. The number of non-ortho nitro benzene ring substituents is 1. The first-order chi connectivity index (χ1) is 20.5. The number of anilines is 3. The fraction of sp³-hybridized carbons (Fsp3) is 0.355. The van der Waals surface area contributed by atoms with Gasteiger partial charge in [0.2, 0.25) is 0 Å². The highest BCUT2D eigenvalue weighted by atomic mass is 28.4. The Morgan fingerprint density at radius 2 is 1.79 bits per heavy atom. The van der Waals surface area contributed by atoms with Crippen molar-refractivity contribution in [3.63, 3.8) is 0 Å². The predicted octanol–water partition coefficient (Wildman–Crippen LogP) is 4.38. The SMILES string of the molecule is C[C@@H]1[C@@H]([Si](C)(C)O)[C@H](CCO)O[C@@]12C(=O)N(Cc1ccc(N3C(=O)COc4ccccc43)cc1)c1ccc([N+](=O)[O-])cc12. The van der Waals surface area contributed by atoms with Gasteiger partial charge in [0.05, 0.1) is 28.9 Å². The number of hydrogen-bond acceptors (Lipinski definition) is 8. The minimum Gasteiger partial charge on any atom is -0.482 e. The van der Waals surface area contributed by atoms with Crippen molar-refractivity contribution in [3.8, 4) is 5.75 Å². The molecule has 2 N–H and O–H groups in total. The summed E-state index contributed by atoms with van der Waals surface area (Å²) >= 11 is 0. The molecule has 1 spiro atoms. The zero-order chi connectivity index (χ0) is 30.7. The summed E-state index contributed by atoms with van der Waals surface area (Å²) in [4.78, 5) is 52.9. The van der Waals surface area contributed by atoms with Gasteiger partial charge in [0.1, 0.15) is 5.75 Å². The van der Waals surface area contributed by atoms with Crippen LogP contribution in [0.2, 0.25) is 18.6 Å². The van der Waals surface area contributed by atoms with Crippen LogP contribution in [0.4, 0.5) is 22.7 Å². The first kappa shape index (κ1) is 29.0. The minimum absolute atomic E-state index is 0.0734. The number of hydrogen-bond donors (Lipinski definition) is 2. The zero-order valence-electron chi connectivity index (χ0n) is 24.1. The summed E-state index contributed by atoms with van der Waals surface area (Å²) in [5, 5.41) is 21.5. The van der Waals surface area contributed by atoms with Crippen molar-refractivity contribution in [2.45, 2.75) is 50.2 Å². The third-order valence-corrected chi connectivity index (χ3v) is 11.3. The number of ether oxygens (including phenoxy) is 2. The summed E-state index contributed by atoms with van der Waals surface area (Å²) in [5.74, 6) is -0.444. The molecule has 0 aliphatic carbocycles. The van der Waals surface area contributed by atoms with Crippen LogP contribution in [0.25, 0.3) is 0 Å². The van der Waals surface area contributed by atoms with Gasteiger partial charge in [-0.25, -0.2) is 0 Å². The van der Waals surface area contributed by atoms with Crippen LogP contribution in [-0.2, 0) is 26.5 Å². The second-order valence-corrected chi connectivity index (χ2v) is 15.8. The third kappa shape index (κ3) is 4.61. The fourth-order valence-electron chi connectivity index (χ4n) is 7.05. The molecule has 0 unspecified atom stereocenters. The van der Waals surface area contributed by atoms with Crippen LogP contribution in [0.3, 0.4) is 0 Å². The van der Waals surface area contributed by atoms with Gasteiger partial charge in [-0.1, -0.05) is 31.2 Å². The number of carbonyl (C=O) groups is 2. The van der Waals surface area contributed by atoms with Crippen molar-refractivity contribution < 1.29 is 33.9 Å². The van der Waals surface area contributed by atoms with Crippen molar-refractivity contribution in [1.29, 1.82) is 0 Å². The molecule has 0 bridgehead atoms. The van der Waals surface area contributed by atoms with E-state index in [-0.39, 0.29) is 49.2 Å². The molecule has 43 heavy (non-hydrogen) atoms. The van der Waals surface area contributed by atoms with E-state index in [1.165, 1.54) is 12.1 Å². The van der Waals surface area contributed by atoms with Crippen molar-refractivity contribution in [1.82, 2.24) is 0 Å². The minimum atomic E-state index is -2.90. The summed E-state index contributed by atoms with van der Waals surface area (Å²) in [6, 6.07) is 18.9. The first-order valence-corrected chi connectivity index (χ1v) is 17.3. The van der Waals surface area contributed by atoms with E-state index in [0.29, 0.717) is 28.4 Å². The molecule has 3 aromatic rings. The van der Waals surface area contributed by atoms with Gasteiger partial charge < -0.3 is 24.3 Å². The maximum atomic E-state index is 14.4. The van der Waals surface area contributed by atoms with E-state index in [1.807, 2.05) is 55.5 Å². The molecule has 11 nitrogen and oxygen atoms in total. The molecule has 6 rings (SSSR count). The molecule has 3 aromatic carbocycles. The maximum Gasteiger partial charge on any atom is 0.269 e. The number of aliphatic hydroxyl groups is 1. The average Bonchev–Trinajstić information content (AvgIpc) is 3.40. The molecule has 1 fully saturated rings. The Balaban J connectivity index is 1.37. The molecule has 1 saturated heterocycles. The maximum absolute atomic E-state index is 14.4. The Morgan fingerprint density at radius 3 is 2.47 bits per heavy atom. The molecular weight excluding hydrogens is 570 g/mol. The molecule has 2 amide bonds. The fourth-order valence-corrected chi connectivity index (χ4v) is 9.65. The molecule has 4 atom stereocenters. The van der Waals surface area contributed by atoms with Crippen LogP contribution in [0.5, 0.6) is 5.75 Å². The third-order valence-electron chi connectivity index (χ3n) is 8.83. The van der Waals surface area contributed by atoms with Gasteiger partial charge in [0, 0.05) is 41.4 Å². The predicted molar refractivity (Wildman–Crippen MR) is 161 cm³/mol. The first-order valence-electron chi connectivity index (χ1n) is 14.2. The number of rotatable bonds is 7. The lowest BCUT2D eigenvalue weighted by molar-refractivity contribution is -0.385. The molecule has 12 heteroatoms. The number of aliphatic hydroxyl groups excluding tert-OH is 1. The van der Waals surface area contributed by atoms with Crippen LogP contribution in [0, 0.1) is 16.0 Å². The van der Waals surface area contributed by atoms with E-state index in [4.69, 9.17) is 9.47 Å². The number of nitrogens with zero attached hydrogens (tertiary/aromatic N) is 3. The normalized spacial score (nSPS) is 24.7. The van der Waals surface area contributed by atoms with E-state index < -0.39 is 30.9 Å². The van der Waals surface area contributed by atoms with Crippen molar-refractivity contribution >= 4 is 42.9 Å². The lowest BCUT2D eigenvalue weighted by Gasteiger charge is -2.32. The number of fused-ring (bicyclic) bond motifs is 3. The van der Waals surface area contributed by atoms with E-state index in [2.05, 4.69) is 0 Å². The Bertz CT molecular complexity index is 1610. The topological polar surface area (TPSA) is 143 Å². The zero-order valence-corrected chi connectivity index (χ0v) is 25.1. The molecule has 3 aliphatic heterocycles. The highest BCUT2D eigenvalue weighted by molar-refractivity contribution is 6.71. The highest BCUT2D eigenvalue weighted by Gasteiger charge is 2.66. The van der Waals surface area contributed by atoms with Gasteiger partial charge in [-0.2, -0.15) is 0 Å². The number of benzene rings is 3. The van der Waals surface area contributed by atoms with Crippen LogP contribution >= 0.6 is 0 Å². The van der Waals surface area contributed by atoms with Crippen molar-refractivity contribution in [2.24, 2.45) is 5.92 Å². The summed E-state index contributed by atoms with van der Waals surface area (Å²) in [6.07, 6.45) is -0.355. The number of nitro benzene ring substituents is 1. The monoisotopic (exact) mass is 603 g/mol. The molecule has 0 saturated carbocycles. The van der Waals surface area contributed by atoms with Crippen LogP contribution < -0.4 is 14.5 Å². The largest absolute Gasteiger partial charge is 0.482 e. The number of carbonyl (C=O) groups excluding carboxylic acids is 2. The summed E-state index contributed by atoms with van der Waals surface area (Å²) in [6.45, 7) is 5.32. The Morgan fingerprint density at radius 1 is 1.07 bits per heavy atom. The van der Waals surface area contributed by atoms with Gasteiger partial charge in [0.25, 0.3) is 17.5 Å². The summed E-state index contributed by atoms with van der Waals surface area (Å²) in [7, 11) is -2.90. The number of amides is 2. The molecule has 0 radical (unpaired) electrons. The molecule has 3 heterocycles. The van der Waals surface area contributed by atoms with Crippen molar-refractivity contribution in [3.05, 3.63) is 88.0 Å². The lowest BCUT2D eigenvalue weighted by atomic mass is 9.82. The molecule has 3 aliphatic rings. The summed E-state index contributed by atoms with van der Waals surface area (Å²) in [5.41, 5.74) is 0.895. The number of nitro groups is 1. The smallest absolute Gasteiger partial charge is 0.269 e. The van der Waals surface area contributed by atoms with Crippen LogP contribution in [0.15, 0.2) is 66.7 Å². The van der Waals surface area contributed by atoms with E-state index in [0.717, 1.165) is 5.56 Å². The van der Waals surface area contributed by atoms with Crippen molar-refractivity contribution in [2.75, 3.05) is 23.0 Å². The summed E-state index contributed by atoms with van der Waals surface area (Å²) < 4.78 is 12.1.